The minimum absolute atomic E-state index is 0.106. The molecular formula is C30H28N4O8. The molecule has 0 aliphatic carbocycles. The number of carbonyl (C=O) groups excluding carboxylic acids is 8. The van der Waals surface area contributed by atoms with Crippen LogP contribution in [0.1, 0.15) is 92.1 Å². The molecule has 0 radical (unpaired) electrons. The van der Waals surface area contributed by atoms with E-state index in [1.54, 1.807) is 50.2 Å². The van der Waals surface area contributed by atoms with Crippen LogP contribution in [-0.4, -0.2) is 68.1 Å². The van der Waals surface area contributed by atoms with Crippen LogP contribution in [0.25, 0.3) is 0 Å². The van der Waals surface area contributed by atoms with Gasteiger partial charge in [0.15, 0.2) is 0 Å². The molecule has 8 amide bonds. The van der Waals surface area contributed by atoms with E-state index in [2.05, 4.69) is 10.6 Å². The Labute approximate surface area is 240 Å². The Kier molecular flexibility index (Phi) is 6.67. The van der Waals surface area contributed by atoms with Crippen LogP contribution in [0.5, 0.6) is 0 Å². The number of amides is 8. The topological polar surface area (TPSA) is 167 Å². The number of hydrogen-bond acceptors (Lipinski definition) is 8. The van der Waals surface area contributed by atoms with E-state index in [0.29, 0.717) is 33.4 Å². The summed E-state index contributed by atoms with van der Waals surface area (Å²) in [4.78, 5) is 99.2. The summed E-state index contributed by atoms with van der Waals surface area (Å²) in [5.74, 6) is -3.89. The number of carbonyl (C=O) groups is 8. The summed E-state index contributed by atoms with van der Waals surface area (Å²) in [5.41, 5.74) is 0.0494. The molecule has 6 rings (SSSR count). The van der Waals surface area contributed by atoms with Gasteiger partial charge in [0.25, 0.3) is 35.4 Å². The van der Waals surface area contributed by atoms with Crippen LogP contribution in [0.4, 0.5) is 0 Å². The Morgan fingerprint density at radius 3 is 1.24 bits per heavy atom. The Bertz CT molecular complexity index is 1540. The highest BCUT2D eigenvalue weighted by Crippen LogP contribution is 2.36. The normalized spacial score (nSPS) is 25.1. The van der Waals surface area contributed by atoms with Crippen LogP contribution >= 0.6 is 0 Å². The molecule has 4 heterocycles. The van der Waals surface area contributed by atoms with Crippen molar-refractivity contribution < 1.29 is 38.4 Å². The van der Waals surface area contributed by atoms with Crippen molar-refractivity contribution >= 4 is 47.3 Å². The number of piperidine rings is 2. The maximum Gasteiger partial charge on any atom is 0.262 e. The second-order valence-electron chi connectivity index (χ2n) is 11.2. The van der Waals surface area contributed by atoms with Gasteiger partial charge in [0.2, 0.25) is 11.8 Å². The monoisotopic (exact) mass is 572 g/mol. The number of rotatable bonds is 2. The van der Waals surface area contributed by atoms with Crippen molar-refractivity contribution in [1.29, 1.82) is 0 Å². The maximum absolute atomic E-state index is 12.6. The summed E-state index contributed by atoms with van der Waals surface area (Å²) in [5, 5.41) is 4.41. The Morgan fingerprint density at radius 1 is 0.571 bits per heavy atom. The fraction of sp³-hybridized carbons (Fsp3) is 0.333. The predicted molar refractivity (Wildman–Crippen MR) is 145 cm³/mol. The predicted octanol–water partition coefficient (Wildman–Crippen LogP) is 1.57. The van der Waals surface area contributed by atoms with Crippen molar-refractivity contribution in [2.45, 2.75) is 64.5 Å². The Morgan fingerprint density at radius 2 is 0.929 bits per heavy atom. The van der Waals surface area contributed by atoms with Gasteiger partial charge in [-0.05, 0) is 63.8 Å². The van der Waals surface area contributed by atoms with Gasteiger partial charge in [0.1, 0.15) is 11.1 Å². The van der Waals surface area contributed by atoms with Crippen LogP contribution in [0.15, 0.2) is 36.4 Å². The molecule has 2 N–H and O–H groups in total. The molecule has 42 heavy (non-hydrogen) atoms. The summed E-state index contributed by atoms with van der Waals surface area (Å²) >= 11 is 0. The lowest BCUT2D eigenvalue weighted by molar-refractivity contribution is -0.142. The molecule has 0 saturated carbocycles. The molecule has 4 aliphatic rings. The number of fused-ring (bicyclic) bond motifs is 2. The third-order valence-electron chi connectivity index (χ3n) is 8.40. The molecule has 2 aromatic rings. The molecule has 0 bridgehead atoms. The first-order valence-electron chi connectivity index (χ1n) is 13.4. The quantitative estimate of drug-likeness (QED) is 0.512. The van der Waals surface area contributed by atoms with E-state index in [-0.39, 0.29) is 37.5 Å². The van der Waals surface area contributed by atoms with Crippen molar-refractivity contribution in [2.75, 3.05) is 0 Å². The highest BCUT2D eigenvalue weighted by atomic mass is 16.2. The van der Waals surface area contributed by atoms with Gasteiger partial charge < -0.3 is 0 Å². The molecular weight excluding hydrogens is 544 g/mol. The molecule has 2 aromatic carbocycles. The highest BCUT2D eigenvalue weighted by Gasteiger charge is 2.54. The number of hydrogen-bond donors (Lipinski definition) is 2. The summed E-state index contributed by atoms with van der Waals surface area (Å²) in [7, 11) is 0. The molecule has 2 unspecified atom stereocenters. The zero-order valence-corrected chi connectivity index (χ0v) is 23.5. The molecule has 4 aliphatic heterocycles. The smallest absolute Gasteiger partial charge is 0.262 e. The highest BCUT2D eigenvalue weighted by molar-refractivity contribution is 6.25. The van der Waals surface area contributed by atoms with E-state index >= 15 is 0 Å². The van der Waals surface area contributed by atoms with Gasteiger partial charge in [-0.3, -0.25) is 58.8 Å². The van der Waals surface area contributed by atoms with Crippen molar-refractivity contribution in [3.63, 3.8) is 0 Å². The summed E-state index contributed by atoms with van der Waals surface area (Å²) in [6, 6.07) is 10.1. The molecule has 12 heteroatoms. The standard InChI is InChI=1S/2C15H14N2O4/c2*1-8-4-3-5-9-11(8)13(20)17(12(9)19)15(2)7-6-10(18)16-14(15)21/h2*3-5H,6-7H2,1-2H3,(H,16,18,21). The second-order valence-corrected chi connectivity index (χ2v) is 11.2. The molecule has 216 valence electrons. The maximum atomic E-state index is 12.6. The molecule has 0 spiro atoms. The summed E-state index contributed by atoms with van der Waals surface area (Å²) in [6.07, 6.45) is 0.494. The van der Waals surface area contributed by atoms with E-state index in [0.717, 1.165) is 9.80 Å². The van der Waals surface area contributed by atoms with Crippen molar-refractivity contribution in [3.8, 4) is 0 Å². The van der Waals surface area contributed by atoms with Gasteiger partial charge in [-0.2, -0.15) is 0 Å². The fourth-order valence-corrected chi connectivity index (χ4v) is 5.82. The average molecular weight is 573 g/mol. The van der Waals surface area contributed by atoms with Gasteiger partial charge in [0, 0.05) is 12.8 Å². The number of imide groups is 4. The van der Waals surface area contributed by atoms with Crippen LogP contribution in [0.3, 0.4) is 0 Å². The number of aryl methyl sites for hydroxylation is 2. The van der Waals surface area contributed by atoms with E-state index in [1.165, 1.54) is 13.8 Å². The number of nitrogens with zero attached hydrogens (tertiary/aromatic N) is 2. The van der Waals surface area contributed by atoms with Crippen molar-refractivity contribution in [3.05, 3.63) is 69.8 Å². The lowest BCUT2D eigenvalue weighted by atomic mass is 9.89. The van der Waals surface area contributed by atoms with Gasteiger partial charge in [-0.1, -0.05) is 24.3 Å². The van der Waals surface area contributed by atoms with E-state index < -0.39 is 46.5 Å². The minimum atomic E-state index is -1.33. The first kappa shape index (κ1) is 28.5. The third kappa shape index (κ3) is 4.13. The molecule has 12 nitrogen and oxygen atoms in total. The largest absolute Gasteiger partial charge is 0.294 e. The zero-order valence-electron chi connectivity index (χ0n) is 23.5. The number of benzene rings is 2. The molecule has 2 atom stereocenters. The van der Waals surface area contributed by atoms with Crippen molar-refractivity contribution in [1.82, 2.24) is 20.4 Å². The minimum Gasteiger partial charge on any atom is -0.294 e. The summed E-state index contributed by atoms with van der Waals surface area (Å²) in [6.45, 7) is 6.54. The van der Waals surface area contributed by atoms with Crippen molar-refractivity contribution in [2.24, 2.45) is 0 Å². The SMILES string of the molecule is Cc1cccc2c1C(=O)N(C1(C)CCC(=O)NC1=O)C2=O.Cc1cccc2c1C(=O)N(C1(C)CCC(=O)NC1=O)C2=O. The number of nitrogens with one attached hydrogen (secondary N) is 2. The van der Waals surface area contributed by atoms with Gasteiger partial charge >= 0.3 is 0 Å². The molecule has 2 saturated heterocycles. The van der Waals surface area contributed by atoms with E-state index in [1.807, 2.05) is 0 Å². The Hall–Kier alpha value is -5.00. The van der Waals surface area contributed by atoms with Crippen LogP contribution in [0, 0.1) is 13.8 Å². The first-order valence-corrected chi connectivity index (χ1v) is 13.4. The van der Waals surface area contributed by atoms with Crippen LogP contribution < -0.4 is 10.6 Å². The molecule has 0 aromatic heterocycles. The van der Waals surface area contributed by atoms with Gasteiger partial charge in [-0.15, -0.1) is 0 Å². The second kappa shape index (κ2) is 9.82. The average Bonchev–Trinajstić information content (AvgIpc) is 3.35. The fourth-order valence-electron chi connectivity index (χ4n) is 5.82. The third-order valence-corrected chi connectivity index (χ3v) is 8.40. The van der Waals surface area contributed by atoms with E-state index in [4.69, 9.17) is 0 Å². The summed E-state index contributed by atoms with van der Waals surface area (Å²) < 4.78 is 0. The lowest BCUT2D eigenvalue weighted by Crippen LogP contribution is -2.62. The zero-order chi connectivity index (χ0) is 30.7. The van der Waals surface area contributed by atoms with Gasteiger partial charge in [0.05, 0.1) is 22.3 Å². The first-order chi connectivity index (χ1) is 19.7. The molecule has 2 fully saturated rings. The Balaban J connectivity index is 0.000000168. The van der Waals surface area contributed by atoms with Crippen LogP contribution in [-0.2, 0) is 19.2 Å². The van der Waals surface area contributed by atoms with E-state index in [9.17, 15) is 38.4 Å². The van der Waals surface area contributed by atoms with Crippen LogP contribution in [0.2, 0.25) is 0 Å². The lowest BCUT2D eigenvalue weighted by Gasteiger charge is -2.38. The van der Waals surface area contributed by atoms with Gasteiger partial charge in [-0.25, -0.2) is 0 Å².